The summed E-state index contributed by atoms with van der Waals surface area (Å²) in [6, 6.07) is 0.0141. The Balaban J connectivity index is 1.90. The molecule has 0 radical (unpaired) electrons. The minimum atomic E-state index is -0.247. The summed E-state index contributed by atoms with van der Waals surface area (Å²) in [5.41, 5.74) is 6.39. The summed E-state index contributed by atoms with van der Waals surface area (Å²) < 4.78 is 5.39. The van der Waals surface area contributed by atoms with E-state index in [4.69, 9.17) is 10.2 Å². The third kappa shape index (κ3) is 5.13. The average Bonchev–Trinajstić information content (AvgIpc) is 2.90. The molecule has 0 aliphatic heterocycles. The van der Waals surface area contributed by atoms with Crippen molar-refractivity contribution in [3.8, 4) is 0 Å². The zero-order valence-corrected chi connectivity index (χ0v) is 13.8. The van der Waals surface area contributed by atoms with Gasteiger partial charge < -0.3 is 15.5 Å². The van der Waals surface area contributed by atoms with Crippen molar-refractivity contribution < 1.29 is 9.21 Å². The second-order valence-electron chi connectivity index (χ2n) is 6.82. The quantitative estimate of drug-likeness (QED) is 0.871. The Morgan fingerprint density at radius 3 is 2.59 bits per heavy atom. The summed E-state index contributed by atoms with van der Waals surface area (Å²) in [6.45, 7) is 4.20. The van der Waals surface area contributed by atoms with E-state index in [0.29, 0.717) is 17.5 Å². The molecule has 2 rings (SSSR count). The lowest BCUT2D eigenvalue weighted by molar-refractivity contribution is 0.0925. The predicted molar refractivity (Wildman–Crippen MR) is 86.5 cm³/mol. The summed E-state index contributed by atoms with van der Waals surface area (Å²) in [4.78, 5) is 16.6. The molecule has 3 N–H and O–H groups in total. The maximum absolute atomic E-state index is 12.3. The molecule has 1 aliphatic carbocycles. The van der Waals surface area contributed by atoms with Crippen LogP contribution in [0.15, 0.2) is 10.7 Å². The minimum Gasteiger partial charge on any atom is -0.446 e. The first-order valence-corrected chi connectivity index (χ1v) is 8.58. The molecule has 5 nitrogen and oxygen atoms in total. The van der Waals surface area contributed by atoms with Crippen LogP contribution in [0.2, 0.25) is 0 Å². The second-order valence-corrected chi connectivity index (χ2v) is 6.82. The number of carbonyl (C=O) groups excluding carboxylic acids is 1. The van der Waals surface area contributed by atoms with Gasteiger partial charge in [0.25, 0.3) is 5.91 Å². The number of rotatable bonds is 5. The standard InChI is InChI=1S/C17H29N3O2/c1-12(2)10-14(18)17-20-15(11-22-17)16(21)19-13-8-6-4-3-5-7-9-13/h11-14H,3-10,18H2,1-2H3,(H,19,21). The fourth-order valence-electron chi connectivity index (χ4n) is 3.03. The molecule has 1 atom stereocenters. The molecular formula is C17H29N3O2. The Kier molecular flexibility index (Phi) is 6.43. The van der Waals surface area contributed by atoms with Gasteiger partial charge in [0, 0.05) is 6.04 Å². The normalized spacial score (nSPS) is 18.7. The third-order valence-electron chi connectivity index (χ3n) is 4.24. The number of nitrogens with zero attached hydrogens (tertiary/aromatic N) is 1. The molecule has 1 aromatic rings. The van der Waals surface area contributed by atoms with Gasteiger partial charge in [-0.15, -0.1) is 0 Å². The monoisotopic (exact) mass is 307 g/mol. The van der Waals surface area contributed by atoms with E-state index in [1.54, 1.807) is 0 Å². The Hall–Kier alpha value is -1.36. The summed E-state index contributed by atoms with van der Waals surface area (Å²) >= 11 is 0. The molecule has 1 aromatic heterocycles. The largest absolute Gasteiger partial charge is 0.446 e. The Bertz CT molecular complexity index is 462. The molecule has 124 valence electrons. The Morgan fingerprint density at radius 2 is 1.95 bits per heavy atom. The first kappa shape index (κ1) is 17.0. The molecular weight excluding hydrogens is 278 g/mol. The number of nitrogens with one attached hydrogen (secondary N) is 1. The van der Waals surface area contributed by atoms with Crippen molar-refractivity contribution in [2.24, 2.45) is 11.7 Å². The van der Waals surface area contributed by atoms with Crippen molar-refractivity contribution in [1.29, 1.82) is 0 Å². The zero-order valence-electron chi connectivity index (χ0n) is 13.8. The molecule has 0 bridgehead atoms. The lowest BCUT2D eigenvalue weighted by Crippen LogP contribution is -2.35. The molecule has 5 heteroatoms. The average molecular weight is 307 g/mol. The van der Waals surface area contributed by atoms with Gasteiger partial charge in [0.15, 0.2) is 5.69 Å². The van der Waals surface area contributed by atoms with Crippen LogP contribution in [-0.4, -0.2) is 16.9 Å². The SMILES string of the molecule is CC(C)CC(N)c1nc(C(=O)NC2CCCCCCC2)co1. The van der Waals surface area contributed by atoms with Crippen molar-refractivity contribution in [1.82, 2.24) is 10.3 Å². The number of hydrogen-bond acceptors (Lipinski definition) is 4. The van der Waals surface area contributed by atoms with Crippen molar-refractivity contribution in [3.63, 3.8) is 0 Å². The van der Waals surface area contributed by atoms with Crippen molar-refractivity contribution in [3.05, 3.63) is 17.8 Å². The predicted octanol–water partition coefficient (Wildman–Crippen LogP) is 3.56. The molecule has 1 amide bonds. The zero-order chi connectivity index (χ0) is 15.9. The molecule has 1 saturated carbocycles. The fraction of sp³-hybridized carbons (Fsp3) is 0.765. The second kappa shape index (κ2) is 8.32. The van der Waals surface area contributed by atoms with Crippen molar-refractivity contribution in [2.45, 2.75) is 77.3 Å². The van der Waals surface area contributed by atoms with Gasteiger partial charge in [0.05, 0.1) is 6.04 Å². The van der Waals surface area contributed by atoms with Gasteiger partial charge in [0.1, 0.15) is 6.26 Å². The van der Waals surface area contributed by atoms with Crippen LogP contribution in [0, 0.1) is 5.92 Å². The van der Waals surface area contributed by atoms with Gasteiger partial charge in [-0.3, -0.25) is 4.79 Å². The van der Waals surface area contributed by atoms with Gasteiger partial charge in [-0.1, -0.05) is 46.0 Å². The molecule has 1 aliphatic rings. The molecule has 1 unspecified atom stereocenters. The van der Waals surface area contributed by atoms with Crippen LogP contribution in [0.5, 0.6) is 0 Å². The maximum atomic E-state index is 12.3. The minimum absolute atomic E-state index is 0.141. The van der Waals surface area contributed by atoms with Gasteiger partial charge in [-0.2, -0.15) is 0 Å². The molecule has 0 saturated heterocycles. The van der Waals surface area contributed by atoms with E-state index in [-0.39, 0.29) is 18.0 Å². The number of nitrogens with two attached hydrogens (primary N) is 1. The van der Waals surface area contributed by atoms with Crippen LogP contribution >= 0.6 is 0 Å². The highest BCUT2D eigenvalue weighted by molar-refractivity contribution is 5.92. The number of hydrogen-bond donors (Lipinski definition) is 2. The highest BCUT2D eigenvalue weighted by Gasteiger charge is 2.20. The smallest absolute Gasteiger partial charge is 0.273 e. The van der Waals surface area contributed by atoms with Gasteiger partial charge in [0.2, 0.25) is 5.89 Å². The lowest BCUT2D eigenvalue weighted by Gasteiger charge is -2.20. The molecule has 22 heavy (non-hydrogen) atoms. The van der Waals surface area contributed by atoms with Crippen LogP contribution in [0.4, 0.5) is 0 Å². The van der Waals surface area contributed by atoms with Crippen LogP contribution < -0.4 is 11.1 Å². The third-order valence-corrected chi connectivity index (χ3v) is 4.24. The number of amides is 1. The van der Waals surface area contributed by atoms with E-state index in [9.17, 15) is 4.79 Å². The summed E-state index contributed by atoms with van der Waals surface area (Å²) in [6.07, 6.45) is 10.6. The number of oxazole rings is 1. The molecule has 0 spiro atoms. The van der Waals surface area contributed by atoms with E-state index >= 15 is 0 Å². The van der Waals surface area contributed by atoms with Gasteiger partial charge >= 0.3 is 0 Å². The van der Waals surface area contributed by atoms with E-state index in [1.165, 1.54) is 38.4 Å². The first-order chi connectivity index (χ1) is 10.6. The topological polar surface area (TPSA) is 81.1 Å². The van der Waals surface area contributed by atoms with Crippen LogP contribution in [0.1, 0.15) is 87.6 Å². The van der Waals surface area contributed by atoms with E-state index in [0.717, 1.165) is 19.3 Å². The fourth-order valence-corrected chi connectivity index (χ4v) is 3.03. The Morgan fingerprint density at radius 1 is 1.32 bits per heavy atom. The van der Waals surface area contributed by atoms with Crippen molar-refractivity contribution >= 4 is 5.91 Å². The van der Waals surface area contributed by atoms with Crippen LogP contribution in [0.25, 0.3) is 0 Å². The summed E-state index contributed by atoms with van der Waals surface area (Å²) in [5.74, 6) is 0.780. The van der Waals surface area contributed by atoms with Crippen LogP contribution in [-0.2, 0) is 0 Å². The van der Waals surface area contributed by atoms with E-state index in [2.05, 4.69) is 24.1 Å². The molecule has 1 heterocycles. The van der Waals surface area contributed by atoms with Crippen LogP contribution in [0.3, 0.4) is 0 Å². The van der Waals surface area contributed by atoms with E-state index in [1.807, 2.05) is 0 Å². The van der Waals surface area contributed by atoms with Gasteiger partial charge in [-0.25, -0.2) is 4.98 Å². The number of carbonyl (C=O) groups is 1. The number of aromatic nitrogens is 1. The van der Waals surface area contributed by atoms with Crippen molar-refractivity contribution in [2.75, 3.05) is 0 Å². The lowest BCUT2D eigenvalue weighted by atomic mass is 9.97. The maximum Gasteiger partial charge on any atom is 0.273 e. The Labute approximate surface area is 133 Å². The summed E-state index contributed by atoms with van der Waals surface area (Å²) in [5, 5.41) is 3.09. The first-order valence-electron chi connectivity index (χ1n) is 8.58. The summed E-state index contributed by atoms with van der Waals surface area (Å²) in [7, 11) is 0. The van der Waals surface area contributed by atoms with E-state index < -0.39 is 0 Å². The molecule has 1 fully saturated rings. The van der Waals surface area contributed by atoms with Gasteiger partial charge in [-0.05, 0) is 25.2 Å². The molecule has 0 aromatic carbocycles. The highest BCUT2D eigenvalue weighted by Crippen LogP contribution is 2.19. The highest BCUT2D eigenvalue weighted by atomic mass is 16.3.